The summed E-state index contributed by atoms with van der Waals surface area (Å²) in [7, 11) is -2.14. The molecule has 1 saturated heterocycles. The van der Waals surface area contributed by atoms with E-state index < -0.39 is 15.9 Å². The van der Waals surface area contributed by atoms with Gasteiger partial charge in [-0.1, -0.05) is 23.7 Å². The molecule has 1 heterocycles. The molecule has 2 aromatic carbocycles. The smallest absolute Gasteiger partial charge is 0.255 e. The Morgan fingerprint density at radius 3 is 2.33 bits per heavy atom. The Kier molecular flexibility index (Phi) is 6.67. The van der Waals surface area contributed by atoms with E-state index in [0.29, 0.717) is 12.1 Å². The maximum absolute atomic E-state index is 12.6. The molecule has 0 bridgehead atoms. The average Bonchev–Trinajstić information content (AvgIpc) is 3.23. The number of carbonyl (C=O) groups excluding carboxylic acids is 2. The van der Waals surface area contributed by atoms with Gasteiger partial charge in [-0.15, -0.1) is 0 Å². The van der Waals surface area contributed by atoms with Gasteiger partial charge in [-0.05, 0) is 48.7 Å². The van der Waals surface area contributed by atoms with Gasteiger partial charge in [0.25, 0.3) is 5.91 Å². The SMILES string of the molecule is CN(c1cc(C(=O)Nc2ccc(CC(=O)N3CCCC3)cc2)ccc1Cl)S(C)(=O)=O. The van der Waals surface area contributed by atoms with Crippen LogP contribution in [-0.2, 0) is 21.2 Å². The third-order valence-corrected chi connectivity index (χ3v) is 6.58. The van der Waals surface area contributed by atoms with E-state index in [1.807, 2.05) is 17.0 Å². The summed E-state index contributed by atoms with van der Waals surface area (Å²) in [5.41, 5.74) is 1.96. The Bertz CT molecular complexity index is 1050. The predicted octanol–water partition coefficient (Wildman–Crippen LogP) is 3.15. The van der Waals surface area contributed by atoms with Gasteiger partial charge in [-0.2, -0.15) is 0 Å². The second-order valence-electron chi connectivity index (χ2n) is 7.31. The van der Waals surface area contributed by atoms with Gasteiger partial charge in [0.1, 0.15) is 0 Å². The van der Waals surface area contributed by atoms with E-state index in [0.717, 1.165) is 42.1 Å². The van der Waals surface area contributed by atoms with Crippen molar-refractivity contribution < 1.29 is 18.0 Å². The van der Waals surface area contributed by atoms with E-state index in [1.165, 1.54) is 25.2 Å². The molecule has 7 nitrogen and oxygen atoms in total. The first-order valence-corrected chi connectivity index (χ1v) is 11.8. The second-order valence-corrected chi connectivity index (χ2v) is 9.73. The fourth-order valence-electron chi connectivity index (χ4n) is 3.24. The van der Waals surface area contributed by atoms with Crippen LogP contribution in [0.25, 0.3) is 0 Å². The summed E-state index contributed by atoms with van der Waals surface area (Å²) in [6.07, 6.45) is 3.52. The minimum absolute atomic E-state index is 0.118. The molecule has 1 aliphatic rings. The van der Waals surface area contributed by atoms with Gasteiger partial charge in [0.2, 0.25) is 15.9 Å². The highest BCUT2D eigenvalue weighted by molar-refractivity contribution is 7.92. The number of likely N-dealkylation sites (tertiary alicyclic amines) is 1. The molecule has 0 aromatic heterocycles. The van der Waals surface area contributed by atoms with Crippen LogP contribution in [0.4, 0.5) is 11.4 Å². The lowest BCUT2D eigenvalue weighted by Crippen LogP contribution is -2.29. The number of carbonyl (C=O) groups is 2. The summed E-state index contributed by atoms with van der Waals surface area (Å²) >= 11 is 6.10. The first-order chi connectivity index (χ1) is 14.1. The summed E-state index contributed by atoms with van der Waals surface area (Å²) in [6.45, 7) is 1.65. The van der Waals surface area contributed by atoms with Crippen LogP contribution in [0.1, 0.15) is 28.8 Å². The summed E-state index contributed by atoms with van der Waals surface area (Å²) < 4.78 is 24.6. The van der Waals surface area contributed by atoms with Crippen LogP contribution in [0.3, 0.4) is 0 Å². The van der Waals surface area contributed by atoms with Crippen LogP contribution >= 0.6 is 11.6 Å². The molecule has 1 aliphatic heterocycles. The monoisotopic (exact) mass is 449 g/mol. The molecule has 160 valence electrons. The Hall–Kier alpha value is -2.58. The lowest BCUT2D eigenvalue weighted by molar-refractivity contribution is -0.129. The van der Waals surface area contributed by atoms with Gasteiger partial charge < -0.3 is 10.2 Å². The molecule has 1 N–H and O–H groups in total. The maximum atomic E-state index is 12.6. The molecule has 1 fully saturated rings. The van der Waals surface area contributed by atoms with Crippen molar-refractivity contribution in [1.29, 1.82) is 0 Å². The van der Waals surface area contributed by atoms with Crippen LogP contribution in [0.5, 0.6) is 0 Å². The van der Waals surface area contributed by atoms with Crippen LogP contribution in [0.2, 0.25) is 5.02 Å². The molecule has 2 amide bonds. The van der Waals surface area contributed by atoms with Crippen LogP contribution in [0.15, 0.2) is 42.5 Å². The van der Waals surface area contributed by atoms with Crippen molar-refractivity contribution in [3.63, 3.8) is 0 Å². The van der Waals surface area contributed by atoms with Crippen molar-refractivity contribution in [2.75, 3.05) is 36.0 Å². The number of rotatable bonds is 6. The highest BCUT2D eigenvalue weighted by atomic mass is 35.5. The third-order valence-electron chi connectivity index (χ3n) is 5.07. The molecular formula is C21H24ClN3O4S. The number of nitrogens with one attached hydrogen (secondary N) is 1. The fraction of sp³-hybridized carbons (Fsp3) is 0.333. The van der Waals surface area contributed by atoms with Crippen molar-refractivity contribution in [3.05, 3.63) is 58.6 Å². The standard InChI is InChI=1S/C21H24ClN3O4S/c1-24(30(2,28)29)19-14-16(7-10-18(19)22)21(27)23-17-8-5-15(6-9-17)13-20(26)25-11-3-4-12-25/h5-10,14H,3-4,11-13H2,1-2H3,(H,23,27). The summed E-state index contributed by atoms with van der Waals surface area (Å²) in [6, 6.07) is 11.6. The van der Waals surface area contributed by atoms with Gasteiger partial charge >= 0.3 is 0 Å². The van der Waals surface area contributed by atoms with Gasteiger partial charge in [-0.3, -0.25) is 13.9 Å². The van der Waals surface area contributed by atoms with E-state index in [9.17, 15) is 18.0 Å². The van der Waals surface area contributed by atoms with Gasteiger partial charge in [0.05, 0.1) is 23.4 Å². The first kappa shape index (κ1) is 22.1. The zero-order chi connectivity index (χ0) is 21.9. The molecule has 0 atom stereocenters. The molecule has 0 aliphatic carbocycles. The van der Waals surface area contributed by atoms with Gasteiger partial charge in [0.15, 0.2) is 0 Å². The van der Waals surface area contributed by atoms with E-state index >= 15 is 0 Å². The quantitative estimate of drug-likeness (QED) is 0.733. The number of hydrogen-bond acceptors (Lipinski definition) is 4. The van der Waals surface area contributed by atoms with Crippen molar-refractivity contribution >= 4 is 44.8 Å². The molecule has 3 rings (SSSR count). The van der Waals surface area contributed by atoms with E-state index in [4.69, 9.17) is 11.6 Å². The summed E-state index contributed by atoms with van der Waals surface area (Å²) in [5, 5.41) is 3.00. The number of hydrogen-bond donors (Lipinski definition) is 1. The number of nitrogens with zero attached hydrogens (tertiary/aromatic N) is 2. The lowest BCUT2D eigenvalue weighted by atomic mass is 10.1. The van der Waals surface area contributed by atoms with Crippen molar-refractivity contribution in [1.82, 2.24) is 4.90 Å². The number of benzene rings is 2. The Balaban J connectivity index is 1.68. The highest BCUT2D eigenvalue weighted by Crippen LogP contribution is 2.28. The van der Waals surface area contributed by atoms with E-state index in [2.05, 4.69) is 5.32 Å². The topological polar surface area (TPSA) is 86.8 Å². The zero-order valence-electron chi connectivity index (χ0n) is 16.9. The third kappa shape index (κ3) is 5.31. The van der Waals surface area contributed by atoms with Crippen LogP contribution in [-0.4, -0.2) is 51.5 Å². The summed E-state index contributed by atoms with van der Waals surface area (Å²) in [5.74, 6) is -0.274. The normalized spacial score (nSPS) is 13.9. The maximum Gasteiger partial charge on any atom is 0.255 e. The Labute approximate surface area is 181 Å². The number of anilines is 2. The van der Waals surface area contributed by atoms with Crippen molar-refractivity contribution in [2.45, 2.75) is 19.3 Å². The summed E-state index contributed by atoms with van der Waals surface area (Å²) in [4.78, 5) is 26.7. The van der Waals surface area contributed by atoms with Crippen molar-refractivity contribution in [2.24, 2.45) is 0 Å². The molecular weight excluding hydrogens is 426 g/mol. The molecule has 2 aromatic rings. The zero-order valence-corrected chi connectivity index (χ0v) is 18.5. The number of halogens is 1. The first-order valence-electron chi connectivity index (χ1n) is 9.56. The van der Waals surface area contributed by atoms with Gasteiger partial charge in [-0.25, -0.2) is 8.42 Å². The number of sulfonamides is 1. The largest absolute Gasteiger partial charge is 0.342 e. The highest BCUT2D eigenvalue weighted by Gasteiger charge is 2.19. The Morgan fingerprint density at radius 1 is 1.10 bits per heavy atom. The minimum atomic E-state index is -3.51. The fourth-order valence-corrected chi connectivity index (χ4v) is 4.04. The lowest BCUT2D eigenvalue weighted by Gasteiger charge is -2.19. The van der Waals surface area contributed by atoms with Crippen LogP contribution in [0, 0.1) is 0 Å². The predicted molar refractivity (Wildman–Crippen MR) is 119 cm³/mol. The molecule has 9 heteroatoms. The molecule has 0 radical (unpaired) electrons. The Morgan fingerprint density at radius 2 is 1.73 bits per heavy atom. The second kappa shape index (κ2) is 9.06. The molecule has 0 unspecified atom stereocenters. The van der Waals surface area contributed by atoms with Gasteiger partial charge in [0, 0.05) is 31.4 Å². The van der Waals surface area contributed by atoms with Crippen LogP contribution < -0.4 is 9.62 Å². The van der Waals surface area contributed by atoms with E-state index in [-0.39, 0.29) is 22.2 Å². The molecule has 30 heavy (non-hydrogen) atoms. The van der Waals surface area contributed by atoms with E-state index in [1.54, 1.807) is 12.1 Å². The molecule has 0 spiro atoms. The minimum Gasteiger partial charge on any atom is -0.342 e. The molecule has 0 saturated carbocycles. The number of amides is 2. The average molecular weight is 450 g/mol. The van der Waals surface area contributed by atoms with Crippen molar-refractivity contribution in [3.8, 4) is 0 Å².